The fraction of sp³-hybridized carbons (Fsp3) is 0.438. The Kier molecular flexibility index (Phi) is 6.75. The van der Waals surface area contributed by atoms with Gasteiger partial charge in [0.1, 0.15) is 11.5 Å². The van der Waals surface area contributed by atoms with Crippen LogP contribution in [0.2, 0.25) is 0 Å². The van der Waals surface area contributed by atoms with Crippen molar-refractivity contribution in [2.75, 3.05) is 13.7 Å². The molecule has 5 heteroatoms. The Morgan fingerprint density at radius 1 is 1.48 bits per heavy atom. The second kappa shape index (κ2) is 8.32. The molecule has 0 saturated carbocycles. The molecule has 0 aliphatic heterocycles. The molecule has 1 amide bonds. The number of nitrogens with two attached hydrogens (primary N) is 1. The first-order valence-corrected chi connectivity index (χ1v) is 6.95. The number of benzene rings is 1. The zero-order valence-electron chi connectivity index (χ0n) is 12.9. The highest BCUT2D eigenvalue weighted by Crippen LogP contribution is 2.26. The maximum atomic E-state index is 11.9. The fourth-order valence-corrected chi connectivity index (χ4v) is 1.85. The summed E-state index contributed by atoms with van der Waals surface area (Å²) in [7, 11) is 1.59. The number of carbonyl (C=O) groups excluding carboxylic acids is 1. The van der Waals surface area contributed by atoms with Gasteiger partial charge in [-0.1, -0.05) is 12.1 Å². The van der Waals surface area contributed by atoms with Gasteiger partial charge in [0.05, 0.1) is 7.11 Å². The van der Waals surface area contributed by atoms with E-state index < -0.39 is 6.10 Å². The van der Waals surface area contributed by atoms with E-state index in [0.717, 1.165) is 5.56 Å². The van der Waals surface area contributed by atoms with Gasteiger partial charge in [-0.05, 0) is 31.9 Å². The maximum Gasteiger partial charge on any atom is 0.261 e. The lowest BCUT2D eigenvalue weighted by Crippen LogP contribution is -2.36. The van der Waals surface area contributed by atoms with Crippen molar-refractivity contribution in [3.8, 4) is 11.5 Å². The number of ether oxygens (including phenoxy) is 2. The minimum atomic E-state index is -0.608. The fourth-order valence-electron chi connectivity index (χ4n) is 1.85. The monoisotopic (exact) mass is 292 g/mol. The lowest BCUT2D eigenvalue weighted by molar-refractivity contribution is -0.127. The highest BCUT2D eigenvalue weighted by atomic mass is 16.5. The molecule has 116 valence electrons. The van der Waals surface area contributed by atoms with Crippen LogP contribution < -0.4 is 20.5 Å². The van der Waals surface area contributed by atoms with E-state index in [9.17, 15) is 4.79 Å². The molecule has 0 radical (unpaired) electrons. The smallest absolute Gasteiger partial charge is 0.261 e. The van der Waals surface area contributed by atoms with Crippen molar-refractivity contribution >= 4 is 5.91 Å². The molecule has 21 heavy (non-hydrogen) atoms. The first-order valence-electron chi connectivity index (χ1n) is 6.95. The first kappa shape index (κ1) is 17.0. The van der Waals surface area contributed by atoms with Gasteiger partial charge in [-0.15, -0.1) is 6.58 Å². The second-order valence-electron chi connectivity index (χ2n) is 4.95. The number of methoxy groups -OCH3 is 1. The normalized spacial score (nSPS) is 13.1. The van der Waals surface area contributed by atoms with Crippen molar-refractivity contribution < 1.29 is 14.3 Å². The molecule has 2 unspecified atom stereocenters. The van der Waals surface area contributed by atoms with Gasteiger partial charge in [0, 0.05) is 18.7 Å². The lowest BCUT2D eigenvalue weighted by Gasteiger charge is -2.18. The van der Waals surface area contributed by atoms with Crippen LogP contribution in [0.25, 0.3) is 0 Å². The maximum absolute atomic E-state index is 11.9. The van der Waals surface area contributed by atoms with Crippen molar-refractivity contribution in [3.05, 3.63) is 36.4 Å². The summed E-state index contributed by atoms with van der Waals surface area (Å²) in [6, 6.07) is 5.54. The molecule has 0 aliphatic carbocycles. The topological polar surface area (TPSA) is 73.6 Å². The van der Waals surface area contributed by atoms with Crippen molar-refractivity contribution in [2.24, 2.45) is 5.73 Å². The van der Waals surface area contributed by atoms with Gasteiger partial charge in [-0.25, -0.2) is 0 Å². The van der Waals surface area contributed by atoms with E-state index >= 15 is 0 Å². The van der Waals surface area contributed by atoms with Crippen LogP contribution in [-0.4, -0.2) is 31.7 Å². The van der Waals surface area contributed by atoms with E-state index in [0.29, 0.717) is 24.5 Å². The average molecular weight is 292 g/mol. The van der Waals surface area contributed by atoms with Gasteiger partial charge in [-0.2, -0.15) is 0 Å². The summed E-state index contributed by atoms with van der Waals surface area (Å²) in [5.41, 5.74) is 6.80. The Morgan fingerprint density at radius 3 is 2.76 bits per heavy atom. The van der Waals surface area contributed by atoms with Crippen LogP contribution in [0.5, 0.6) is 11.5 Å². The average Bonchev–Trinajstić information content (AvgIpc) is 2.45. The van der Waals surface area contributed by atoms with E-state index in [4.69, 9.17) is 15.2 Å². The molecule has 1 aromatic carbocycles. The van der Waals surface area contributed by atoms with E-state index in [1.54, 1.807) is 26.2 Å². The summed E-state index contributed by atoms with van der Waals surface area (Å²) < 4.78 is 11.0. The predicted octanol–water partition coefficient (Wildman–Crippen LogP) is 1.65. The van der Waals surface area contributed by atoms with E-state index in [1.807, 2.05) is 19.1 Å². The molecule has 3 N–H and O–H groups in total. The third-order valence-electron chi connectivity index (χ3n) is 2.91. The van der Waals surface area contributed by atoms with E-state index in [2.05, 4.69) is 11.9 Å². The Labute approximate surface area is 126 Å². The Balaban J connectivity index is 2.87. The molecule has 5 nitrogen and oxygen atoms in total. The van der Waals surface area contributed by atoms with Gasteiger partial charge in [0.2, 0.25) is 0 Å². The summed E-state index contributed by atoms with van der Waals surface area (Å²) in [5.74, 6) is 1.11. The molecule has 0 bridgehead atoms. The lowest BCUT2D eigenvalue weighted by atomic mass is 10.1. The number of nitrogens with one attached hydrogen (secondary N) is 1. The third kappa shape index (κ3) is 5.47. The minimum absolute atomic E-state index is 0.00523. The van der Waals surface area contributed by atoms with Crippen LogP contribution in [0.3, 0.4) is 0 Å². The number of hydrogen-bond acceptors (Lipinski definition) is 4. The van der Waals surface area contributed by atoms with Crippen LogP contribution in [0.1, 0.15) is 19.4 Å². The Morgan fingerprint density at radius 2 is 2.19 bits per heavy atom. The van der Waals surface area contributed by atoms with Crippen molar-refractivity contribution in [2.45, 2.75) is 32.4 Å². The van der Waals surface area contributed by atoms with Crippen LogP contribution in [0.4, 0.5) is 0 Å². The summed E-state index contributed by atoms with van der Waals surface area (Å²) in [4.78, 5) is 11.9. The highest BCUT2D eigenvalue weighted by Gasteiger charge is 2.16. The van der Waals surface area contributed by atoms with Crippen LogP contribution >= 0.6 is 0 Å². The van der Waals surface area contributed by atoms with Crippen LogP contribution in [0, 0.1) is 0 Å². The SMILES string of the molecule is C=CCNC(=O)C(C)Oc1cc(OC)ccc1CC(C)N. The van der Waals surface area contributed by atoms with Crippen molar-refractivity contribution in [1.29, 1.82) is 0 Å². The Bertz CT molecular complexity index is 486. The minimum Gasteiger partial charge on any atom is -0.497 e. The molecule has 0 heterocycles. The molecule has 0 saturated heterocycles. The first-order chi connectivity index (χ1) is 9.97. The van der Waals surface area contributed by atoms with Gasteiger partial charge >= 0.3 is 0 Å². The molecule has 0 aromatic heterocycles. The van der Waals surface area contributed by atoms with E-state index in [-0.39, 0.29) is 11.9 Å². The van der Waals surface area contributed by atoms with Crippen LogP contribution in [0.15, 0.2) is 30.9 Å². The zero-order chi connectivity index (χ0) is 15.8. The molecule has 1 aromatic rings. The number of rotatable bonds is 8. The Hall–Kier alpha value is -2.01. The number of carbonyl (C=O) groups is 1. The van der Waals surface area contributed by atoms with Crippen molar-refractivity contribution in [3.63, 3.8) is 0 Å². The standard InChI is InChI=1S/C16H24N2O3/c1-5-8-18-16(19)12(3)21-15-10-14(20-4)7-6-13(15)9-11(2)17/h5-7,10-12H,1,8-9,17H2,2-4H3,(H,18,19). The second-order valence-corrected chi connectivity index (χ2v) is 4.95. The summed E-state index contributed by atoms with van der Waals surface area (Å²) in [5, 5.41) is 2.70. The van der Waals surface area contributed by atoms with Gasteiger partial charge in [0.25, 0.3) is 5.91 Å². The molecule has 0 aliphatic rings. The van der Waals surface area contributed by atoms with Crippen LogP contribution in [-0.2, 0) is 11.2 Å². The van der Waals surface area contributed by atoms with Gasteiger partial charge in [0.15, 0.2) is 6.10 Å². The van der Waals surface area contributed by atoms with E-state index in [1.165, 1.54) is 0 Å². The number of hydrogen-bond donors (Lipinski definition) is 2. The molecule has 1 rings (SSSR count). The quantitative estimate of drug-likeness (QED) is 0.715. The predicted molar refractivity (Wildman–Crippen MR) is 83.6 cm³/mol. The summed E-state index contributed by atoms with van der Waals surface area (Å²) >= 11 is 0. The van der Waals surface area contributed by atoms with Crippen molar-refractivity contribution in [1.82, 2.24) is 5.32 Å². The molecular formula is C16H24N2O3. The van der Waals surface area contributed by atoms with Gasteiger partial charge in [-0.3, -0.25) is 4.79 Å². The molecular weight excluding hydrogens is 268 g/mol. The zero-order valence-corrected chi connectivity index (χ0v) is 12.9. The molecule has 0 fully saturated rings. The molecule has 0 spiro atoms. The third-order valence-corrected chi connectivity index (χ3v) is 2.91. The number of amides is 1. The molecule has 2 atom stereocenters. The van der Waals surface area contributed by atoms with Gasteiger partial charge < -0.3 is 20.5 Å². The largest absolute Gasteiger partial charge is 0.497 e. The summed E-state index contributed by atoms with van der Waals surface area (Å²) in [6.45, 7) is 7.60. The highest BCUT2D eigenvalue weighted by molar-refractivity contribution is 5.80. The summed E-state index contributed by atoms with van der Waals surface area (Å²) in [6.07, 6.45) is 1.68.